The molecule has 34 heavy (non-hydrogen) atoms. The van der Waals surface area contributed by atoms with Crippen molar-refractivity contribution in [3.05, 3.63) is 35.9 Å². The van der Waals surface area contributed by atoms with Crippen LogP contribution >= 0.6 is 0 Å². The summed E-state index contributed by atoms with van der Waals surface area (Å²) in [6.07, 6.45) is -10.9. The zero-order valence-corrected chi connectivity index (χ0v) is 17.8. The van der Waals surface area contributed by atoms with Crippen molar-refractivity contribution < 1.29 is 64.6 Å². The summed E-state index contributed by atoms with van der Waals surface area (Å²) in [6, 6.07) is 5.84. The lowest BCUT2D eigenvalue weighted by molar-refractivity contribution is -0.383. The molecule has 0 aliphatic carbocycles. The Hall–Kier alpha value is -2.17. The molecule has 2 fully saturated rings. The van der Waals surface area contributed by atoms with E-state index in [2.05, 4.69) is 0 Å². The number of benzene rings is 1. The van der Waals surface area contributed by atoms with E-state index in [0.717, 1.165) is 6.08 Å². The van der Waals surface area contributed by atoms with Crippen LogP contribution < -0.4 is 0 Å². The van der Waals surface area contributed by atoms with Gasteiger partial charge in [0.15, 0.2) is 12.4 Å². The minimum absolute atomic E-state index is 0.0269. The van der Waals surface area contributed by atoms with E-state index in [1.165, 1.54) is 30.3 Å². The smallest absolute Gasteiger partial charge is 0.331 e. The molecule has 1 aromatic rings. The highest BCUT2D eigenvalue weighted by Gasteiger charge is 2.60. The lowest BCUT2D eigenvalue weighted by Crippen LogP contribution is -2.63. The van der Waals surface area contributed by atoms with Crippen molar-refractivity contribution in [2.75, 3.05) is 19.8 Å². The summed E-state index contributed by atoms with van der Waals surface area (Å²) in [4.78, 5) is 12.4. The van der Waals surface area contributed by atoms with E-state index in [1.54, 1.807) is 0 Å². The maximum Gasteiger partial charge on any atom is 0.331 e. The Morgan fingerprint density at radius 3 is 2.18 bits per heavy atom. The molecule has 0 spiro atoms. The molecule has 0 bridgehead atoms. The third kappa shape index (κ3) is 5.39. The van der Waals surface area contributed by atoms with Gasteiger partial charge in [0.2, 0.25) is 5.79 Å². The molecule has 0 saturated carbocycles. The number of aliphatic hydroxyl groups excluding tert-OH is 7. The summed E-state index contributed by atoms with van der Waals surface area (Å²) >= 11 is 0. The van der Waals surface area contributed by atoms with Crippen molar-refractivity contribution in [3.8, 4) is 5.75 Å². The second kappa shape index (κ2) is 11.0. The van der Waals surface area contributed by atoms with Crippen molar-refractivity contribution in [2.24, 2.45) is 0 Å². The number of aromatic hydroxyl groups is 1. The molecule has 2 saturated heterocycles. The zero-order valence-electron chi connectivity index (χ0n) is 17.8. The van der Waals surface area contributed by atoms with Gasteiger partial charge in [0, 0.05) is 6.08 Å². The van der Waals surface area contributed by atoms with Gasteiger partial charge in [0.25, 0.3) is 0 Å². The molecule has 2 heterocycles. The highest BCUT2D eigenvalue weighted by molar-refractivity contribution is 5.87. The van der Waals surface area contributed by atoms with Gasteiger partial charge in [-0.1, -0.05) is 12.1 Å². The van der Waals surface area contributed by atoms with Gasteiger partial charge in [-0.05, 0) is 23.8 Å². The lowest BCUT2D eigenvalue weighted by Gasteiger charge is -2.43. The number of esters is 1. The van der Waals surface area contributed by atoms with E-state index in [0.29, 0.717) is 5.56 Å². The van der Waals surface area contributed by atoms with Crippen LogP contribution in [-0.4, -0.2) is 121 Å². The predicted molar refractivity (Wildman–Crippen MR) is 110 cm³/mol. The molecule has 0 unspecified atom stereocenters. The number of hydrogen-bond donors (Lipinski definition) is 8. The first-order valence-corrected chi connectivity index (χ1v) is 10.4. The van der Waals surface area contributed by atoms with E-state index in [4.69, 9.17) is 18.9 Å². The first-order chi connectivity index (χ1) is 16.2. The van der Waals surface area contributed by atoms with Gasteiger partial charge in [-0.25, -0.2) is 4.79 Å². The van der Waals surface area contributed by atoms with Crippen molar-refractivity contribution in [1.82, 2.24) is 0 Å². The van der Waals surface area contributed by atoms with Crippen LogP contribution in [0.2, 0.25) is 0 Å². The minimum atomic E-state index is -2.34. The Kier molecular flexibility index (Phi) is 8.59. The average molecular weight is 488 g/mol. The molecular weight excluding hydrogens is 460 g/mol. The Labute approximate surface area is 193 Å². The fraction of sp³-hybridized carbons (Fsp3) is 0.571. The Morgan fingerprint density at radius 2 is 1.59 bits per heavy atom. The summed E-state index contributed by atoms with van der Waals surface area (Å²) in [5, 5.41) is 78.9. The van der Waals surface area contributed by atoms with Gasteiger partial charge in [0.1, 0.15) is 49.0 Å². The monoisotopic (exact) mass is 488 g/mol. The molecule has 9 atom stereocenters. The quantitative estimate of drug-likeness (QED) is 0.132. The number of carbonyl (C=O) groups is 1. The number of phenolic OH excluding ortho intramolecular Hbond substituents is 1. The van der Waals surface area contributed by atoms with Crippen LogP contribution in [0.5, 0.6) is 5.75 Å². The summed E-state index contributed by atoms with van der Waals surface area (Å²) in [7, 11) is 0. The molecule has 190 valence electrons. The molecule has 1 aromatic carbocycles. The van der Waals surface area contributed by atoms with Gasteiger partial charge < -0.3 is 59.8 Å². The third-order valence-electron chi connectivity index (χ3n) is 5.59. The Bertz CT molecular complexity index is 844. The van der Waals surface area contributed by atoms with E-state index in [-0.39, 0.29) is 5.75 Å². The molecule has 13 nitrogen and oxygen atoms in total. The largest absolute Gasteiger partial charge is 0.508 e. The van der Waals surface area contributed by atoms with Gasteiger partial charge >= 0.3 is 5.97 Å². The highest BCUT2D eigenvalue weighted by Crippen LogP contribution is 2.38. The van der Waals surface area contributed by atoms with Crippen molar-refractivity contribution >= 4 is 12.0 Å². The van der Waals surface area contributed by atoms with Crippen molar-refractivity contribution in [1.29, 1.82) is 0 Å². The predicted octanol–water partition coefficient (Wildman–Crippen LogP) is -3.43. The molecule has 0 radical (unpaired) electrons. The minimum Gasteiger partial charge on any atom is -0.508 e. The van der Waals surface area contributed by atoms with Crippen molar-refractivity contribution in [3.63, 3.8) is 0 Å². The number of aliphatic hydroxyl groups is 7. The van der Waals surface area contributed by atoms with E-state index < -0.39 is 80.6 Å². The van der Waals surface area contributed by atoms with Gasteiger partial charge in [-0.15, -0.1) is 0 Å². The zero-order chi connectivity index (χ0) is 25.0. The Morgan fingerprint density at radius 1 is 0.941 bits per heavy atom. The van der Waals surface area contributed by atoms with Crippen LogP contribution in [0.4, 0.5) is 0 Å². The average Bonchev–Trinajstić information content (AvgIpc) is 3.10. The molecule has 2 aliphatic rings. The van der Waals surface area contributed by atoms with Gasteiger partial charge in [0.05, 0.1) is 13.2 Å². The fourth-order valence-electron chi connectivity index (χ4n) is 3.69. The second-order valence-corrected chi connectivity index (χ2v) is 7.90. The molecule has 3 rings (SSSR count). The number of hydrogen-bond acceptors (Lipinski definition) is 13. The normalized spacial score (nSPS) is 38.3. The van der Waals surface area contributed by atoms with E-state index in [9.17, 15) is 45.6 Å². The van der Waals surface area contributed by atoms with Crippen molar-refractivity contribution in [2.45, 2.75) is 54.8 Å². The second-order valence-electron chi connectivity index (χ2n) is 7.90. The number of phenols is 1. The SMILES string of the molecule is O=C(/C=C\c1ccc(O)cc1)O[C@H]1[C@H](O)[C@@H](CO)O[C@@]1(CO)O[C@H]1O[C@H](CO)[C@@H](O)[C@H](O)[C@H]1O. The van der Waals surface area contributed by atoms with E-state index in [1.807, 2.05) is 0 Å². The Balaban J connectivity index is 1.80. The lowest BCUT2D eigenvalue weighted by atomic mass is 9.99. The van der Waals surface area contributed by atoms with Crippen LogP contribution in [0.1, 0.15) is 5.56 Å². The molecular formula is C21H28O13. The maximum absolute atomic E-state index is 12.4. The first kappa shape index (κ1) is 26.4. The van der Waals surface area contributed by atoms with Crippen LogP contribution in [0.25, 0.3) is 6.08 Å². The summed E-state index contributed by atoms with van der Waals surface area (Å²) in [6.45, 7) is -2.55. The fourth-order valence-corrected chi connectivity index (χ4v) is 3.69. The van der Waals surface area contributed by atoms with E-state index >= 15 is 0 Å². The molecule has 13 heteroatoms. The van der Waals surface area contributed by atoms with Crippen LogP contribution in [0.3, 0.4) is 0 Å². The van der Waals surface area contributed by atoms with Gasteiger partial charge in [-0.2, -0.15) is 0 Å². The van der Waals surface area contributed by atoms with Gasteiger partial charge in [-0.3, -0.25) is 0 Å². The number of rotatable bonds is 8. The number of carbonyl (C=O) groups excluding carboxylic acids is 1. The van der Waals surface area contributed by atoms with Crippen LogP contribution in [0.15, 0.2) is 30.3 Å². The van der Waals surface area contributed by atoms with Crippen LogP contribution in [-0.2, 0) is 23.7 Å². The molecule has 8 N–H and O–H groups in total. The molecule has 2 aliphatic heterocycles. The first-order valence-electron chi connectivity index (χ1n) is 10.4. The summed E-state index contributed by atoms with van der Waals surface area (Å²) in [5.41, 5.74) is 0.539. The summed E-state index contributed by atoms with van der Waals surface area (Å²) in [5.74, 6) is -3.31. The maximum atomic E-state index is 12.4. The molecule has 0 aromatic heterocycles. The standard InChI is InChI=1S/C21H28O13/c22-7-12-15(27)17(29)18(30)20(31-12)34-21(9-24)19(16(28)13(8-23)33-21)32-14(26)6-3-10-1-4-11(25)5-2-10/h1-6,12-13,15-20,22-25,27-30H,7-9H2/b6-3-/t12-,13-,15-,16-,17+,18-,19+,20-,21+/m1/s1. The third-order valence-corrected chi connectivity index (χ3v) is 5.59. The van der Waals surface area contributed by atoms with Crippen LogP contribution in [0, 0.1) is 0 Å². The molecule has 0 amide bonds. The topological polar surface area (TPSA) is 216 Å². The summed E-state index contributed by atoms with van der Waals surface area (Å²) < 4.78 is 21.4. The highest BCUT2D eigenvalue weighted by atomic mass is 16.8. The number of ether oxygens (including phenoxy) is 4.